The highest BCUT2D eigenvalue weighted by Gasteiger charge is 1.97. The molecule has 0 aliphatic carbocycles. The Hall–Kier alpha value is -0.630. The molecule has 0 aromatic heterocycles. The Morgan fingerprint density at radius 1 is 1.17 bits per heavy atom. The molecule has 0 aliphatic rings. The smallest absolute Gasteiger partial charge is 0.122 e. The summed E-state index contributed by atoms with van der Waals surface area (Å²) in [6, 6.07) is 8.17. The lowest BCUT2D eigenvalue weighted by atomic mass is 10.1. The molecule has 0 heterocycles. The van der Waals surface area contributed by atoms with Gasteiger partial charge in [-0.05, 0) is 25.0 Å². The minimum atomic E-state index is 0. The molecule has 0 bridgehead atoms. The molecule has 1 aromatic carbocycles. The first-order valence-electron chi connectivity index (χ1n) is 4.09. The Labute approximate surface area is 81.2 Å². The number of para-hydroxylation sites is 1. The Kier molecular flexibility index (Phi) is 5.64. The molecule has 0 unspecified atom stereocenters. The molecule has 12 heavy (non-hydrogen) atoms. The van der Waals surface area contributed by atoms with Crippen LogP contribution < -0.4 is 4.74 Å². The first-order chi connectivity index (χ1) is 5.38. The van der Waals surface area contributed by atoms with Crippen molar-refractivity contribution in [2.45, 2.75) is 20.3 Å². The largest absolute Gasteiger partial charge is 0.494 e. The topological polar surface area (TPSA) is 9.23 Å². The van der Waals surface area contributed by atoms with Crippen LogP contribution >= 0.6 is 13.5 Å². The molecule has 2 heteroatoms. The monoisotopic (exact) mass is 184 g/mol. The zero-order valence-electron chi connectivity index (χ0n) is 7.63. The summed E-state index contributed by atoms with van der Waals surface area (Å²) in [7, 11) is 0. The molecule has 1 rings (SSSR count). The predicted molar refractivity (Wildman–Crippen MR) is 57.4 cm³/mol. The van der Waals surface area contributed by atoms with Crippen molar-refractivity contribution >= 4 is 13.5 Å². The van der Waals surface area contributed by atoms with Crippen LogP contribution in [-0.4, -0.2) is 6.61 Å². The van der Waals surface area contributed by atoms with Crippen LogP contribution in [0.25, 0.3) is 0 Å². The zero-order chi connectivity index (χ0) is 8.10. The summed E-state index contributed by atoms with van der Waals surface area (Å²) in [5.74, 6) is 1.03. The van der Waals surface area contributed by atoms with Crippen molar-refractivity contribution in [2.75, 3.05) is 6.61 Å². The van der Waals surface area contributed by atoms with Crippen molar-refractivity contribution in [1.82, 2.24) is 0 Å². The van der Waals surface area contributed by atoms with Crippen molar-refractivity contribution in [3.8, 4) is 5.75 Å². The number of hydrogen-bond acceptors (Lipinski definition) is 1. The van der Waals surface area contributed by atoms with E-state index >= 15 is 0 Å². The fourth-order valence-electron chi connectivity index (χ4n) is 1.09. The quantitative estimate of drug-likeness (QED) is 0.702. The lowest BCUT2D eigenvalue weighted by molar-refractivity contribution is 0.337. The van der Waals surface area contributed by atoms with Gasteiger partial charge >= 0.3 is 0 Å². The van der Waals surface area contributed by atoms with E-state index in [0.29, 0.717) is 0 Å². The van der Waals surface area contributed by atoms with Crippen molar-refractivity contribution in [2.24, 2.45) is 0 Å². The van der Waals surface area contributed by atoms with Gasteiger partial charge in [-0.1, -0.05) is 25.1 Å². The third-order valence-corrected chi connectivity index (χ3v) is 1.65. The average molecular weight is 184 g/mol. The van der Waals surface area contributed by atoms with Gasteiger partial charge in [0.1, 0.15) is 5.75 Å². The van der Waals surface area contributed by atoms with Gasteiger partial charge in [-0.3, -0.25) is 0 Å². The number of benzene rings is 1. The molecule has 0 N–H and O–H groups in total. The summed E-state index contributed by atoms with van der Waals surface area (Å²) >= 11 is 0. The van der Waals surface area contributed by atoms with Crippen molar-refractivity contribution in [3.05, 3.63) is 29.8 Å². The van der Waals surface area contributed by atoms with E-state index in [1.807, 2.05) is 25.1 Å². The highest BCUT2D eigenvalue weighted by atomic mass is 32.1. The van der Waals surface area contributed by atoms with Crippen LogP contribution in [0, 0.1) is 0 Å². The molecule has 0 radical (unpaired) electrons. The van der Waals surface area contributed by atoms with Crippen LogP contribution in [0.1, 0.15) is 19.4 Å². The van der Waals surface area contributed by atoms with Gasteiger partial charge in [-0.25, -0.2) is 0 Å². The summed E-state index contributed by atoms with van der Waals surface area (Å²) in [5.41, 5.74) is 1.29. The Morgan fingerprint density at radius 2 is 1.83 bits per heavy atom. The molecule has 0 aliphatic heterocycles. The first kappa shape index (κ1) is 11.4. The molecule has 0 spiro atoms. The molecule has 1 nitrogen and oxygen atoms in total. The highest BCUT2D eigenvalue weighted by molar-refractivity contribution is 7.59. The zero-order valence-corrected chi connectivity index (χ0v) is 8.63. The fraction of sp³-hybridized carbons (Fsp3) is 0.400. The first-order valence-corrected chi connectivity index (χ1v) is 4.09. The second-order valence-corrected chi connectivity index (χ2v) is 2.39. The maximum Gasteiger partial charge on any atom is 0.122 e. The van der Waals surface area contributed by atoms with E-state index < -0.39 is 0 Å². The minimum absolute atomic E-state index is 0. The van der Waals surface area contributed by atoms with E-state index in [1.165, 1.54) is 5.56 Å². The van der Waals surface area contributed by atoms with E-state index in [1.54, 1.807) is 0 Å². The van der Waals surface area contributed by atoms with Gasteiger partial charge in [0, 0.05) is 0 Å². The molecular weight excluding hydrogens is 168 g/mol. The highest BCUT2D eigenvalue weighted by Crippen LogP contribution is 2.17. The third-order valence-electron chi connectivity index (χ3n) is 1.65. The van der Waals surface area contributed by atoms with E-state index in [0.717, 1.165) is 18.8 Å². The van der Waals surface area contributed by atoms with Crippen LogP contribution in [0.3, 0.4) is 0 Å². The molecule has 0 fully saturated rings. The maximum atomic E-state index is 5.43. The summed E-state index contributed by atoms with van der Waals surface area (Å²) < 4.78 is 5.43. The van der Waals surface area contributed by atoms with Crippen LogP contribution in [0.2, 0.25) is 0 Å². The molecule has 68 valence electrons. The maximum absolute atomic E-state index is 5.43. The second-order valence-electron chi connectivity index (χ2n) is 2.39. The van der Waals surface area contributed by atoms with Crippen LogP contribution in [0.5, 0.6) is 5.75 Å². The normalized spacial score (nSPS) is 8.83. The van der Waals surface area contributed by atoms with Gasteiger partial charge in [-0.15, -0.1) is 0 Å². The standard InChI is InChI=1S/C10H14O.H2S/c1-3-9-7-5-6-8-10(9)11-4-2;/h5-8H,3-4H2,1-2H3;1H2. The van der Waals surface area contributed by atoms with Gasteiger partial charge in [0.15, 0.2) is 0 Å². The van der Waals surface area contributed by atoms with Gasteiger partial charge in [0.05, 0.1) is 6.61 Å². The van der Waals surface area contributed by atoms with E-state index in [2.05, 4.69) is 13.0 Å². The molecule has 0 saturated carbocycles. The Balaban J connectivity index is 0.00000121. The van der Waals surface area contributed by atoms with Crippen molar-refractivity contribution < 1.29 is 4.74 Å². The van der Waals surface area contributed by atoms with Gasteiger partial charge in [0.2, 0.25) is 0 Å². The minimum Gasteiger partial charge on any atom is -0.494 e. The number of hydrogen-bond donors (Lipinski definition) is 0. The molecule has 0 amide bonds. The molecular formula is C10H16OS. The molecule has 1 aromatic rings. The summed E-state index contributed by atoms with van der Waals surface area (Å²) in [6.07, 6.45) is 1.04. The predicted octanol–water partition coefficient (Wildman–Crippen LogP) is 2.76. The Morgan fingerprint density at radius 3 is 2.42 bits per heavy atom. The summed E-state index contributed by atoms with van der Waals surface area (Å²) in [4.78, 5) is 0. The summed E-state index contributed by atoms with van der Waals surface area (Å²) in [6.45, 7) is 4.89. The van der Waals surface area contributed by atoms with Crippen molar-refractivity contribution in [1.29, 1.82) is 0 Å². The average Bonchev–Trinajstić information content (AvgIpc) is 2.06. The SMILES string of the molecule is CCOc1ccccc1CC.S. The third kappa shape index (κ3) is 2.78. The lowest BCUT2D eigenvalue weighted by Gasteiger charge is -2.06. The van der Waals surface area contributed by atoms with Crippen LogP contribution in [0.4, 0.5) is 0 Å². The summed E-state index contributed by atoms with van der Waals surface area (Å²) in [5, 5.41) is 0. The van der Waals surface area contributed by atoms with Gasteiger partial charge < -0.3 is 4.74 Å². The fourth-order valence-corrected chi connectivity index (χ4v) is 1.09. The molecule has 0 atom stereocenters. The van der Waals surface area contributed by atoms with Crippen LogP contribution in [0.15, 0.2) is 24.3 Å². The van der Waals surface area contributed by atoms with E-state index in [9.17, 15) is 0 Å². The van der Waals surface area contributed by atoms with E-state index in [4.69, 9.17) is 4.74 Å². The van der Waals surface area contributed by atoms with Gasteiger partial charge in [-0.2, -0.15) is 13.5 Å². The molecule has 0 saturated heterocycles. The number of ether oxygens (including phenoxy) is 1. The van der Waals surface area contributed by atoms with Crippen LogP contribution in [-0.2, 0) is 6.42 Å². The number of rotatable bonds is 3. The lowest BCUT2D eigenvalue weighted by Crippen LogP contribution is -1.94. The number of aryl methyl sites for hydroxylation is 1. The Bertz CT molecular complexity index is 223. The van der Waals surface area contributed by atoms with Crippen molar-refractivity contribution in [3.63, 3.8) is 0 Å². The second kappa shape index (κ2) is 5.95. The van der Waals surface area contributed by atoms with E-state index in [-0.39, 0.29) is 13.5 Å². The van der Waals surface area contributed by atoms with Gasteiger partial charge in [0.25, 0.3) is 0 Å².